The number of aromatic nitrogens is 2. The number of nitrogens with zero attached hydrogens (tertiary/aromatic N) is 2. The number of fused-ring (bicyclic) bond motifs is 1. The van der Waals surface area contributed by atoms with Crippen molar-refractivity contribution in [1.82, 2.24) is 9.78 Å². The minimum absolute atomic E-state index is 0.00979. The Labute approximate surface area is 149 Å². The first kappa shape index (κ1) is 16.5. The van der Waals surface area contributed by atoms with Gasteiger partial charge in [-0.2, -0.15) is 5.10 Å². The van der Waals surface area contributed by atoms with Crippen molar-refractivity contribution in [2.75, 3.05) is 11.9 Å². The molecule has 1 aliphatic heterocycles. The van der Waals surface area contributed by atoms with E-state index in [0.29, 0.717) is 23.4 Å². The zero-order chi connectivity index (χ0) is 18.1. The summed E-state index contributed by atoms with van der Waals surface area (Å²) in [5.74, 6) is -0.501. The number of aryl methyl sites for hydroxylation is 1. The van der Waals surface area contributed by atoms with E-state index in [1.807, 2.05) is 12.1 Å². The normalized spacial score (nSPS) is 16.9. The van der Waals surface area contributed by atoms with Crippen LogP contribution in [-0.2, 0) is 11.3 Å². The van der Waals surface area contributed by atoms with E-state index in [-0.39, 0.29) is 11.7 Å². The van der Waals surface area contributed by atoms with Gasteiger partial charge in [0.1, 0.15) is 11.1 Å². The number of nitrogens with one attached hydrogen (secondary N) is 1. The molecule has 1 aliphatic rings. The standard InChI is InChI=1S/C19H19N3O4/c1-12-15-6-2-3-7-16(15)26-19(24)17(12)18(23)21-13-9-20-22(10-13)11-14-5-4-8-25-14/h2-3,6-7,9-10,14H,4-5,8,11H2,1H3,(H,21,23). The van der Waals surface area contributed by atoms with Crippen LogP contribution in [-0.4, -0.2) is 28.4 Å². The molecule has 0 aliphatic carbocycles. The monoisotopic (exact) mass is 353 g/mol. The smallest absolute Gasteiger partial charge is 0.349 e. The van der Waals surface area contributed by atoms with Crippen LogP contribution in [0.1, 0.15) is 28.8 Å². The number of hydrogen-bond donors (Lipinski definition) is 1. The molecule has 134 valence electrons. The van der Waals surface area contributed by atoms with Crippen LogP contribution < -0.4 is 10.9 Å². The molecular weight excluding hydrogens is 334 g/mol. The van der Waals surface area contributed by atoms with Gasteiger partial charge < -0.3 is 14.5 Å². The Hall–Kier alpha value is -2.93. The van der Waals surface area contributed by atoms with Crippen molar-refractivity contribution in [3.05, 3.63) is 58.2 Å². The van der Waals surface area contributed by atoms with Crippen LogP contribution in [0.5, 0.6) is 0 Å². The van der Waals surface area contributed by atoms with Gasteiger partial charge in [-0.15, -0.1) is 0 Å². The fourth-order valence-electron chi connectivity index (χ4n) is 3.29. The summed E-state index contributed by atoms with van der Waals surface area (Å²) < 4.78 is 12.6. The van der Waals surface area contributed by atoms with Gasteiger partial charge in [-0.1, -0.05) is 18.2 Å². The van der Waals surface area contributed by atoms with Gasteiger partial charge in [0.25, 0.3) is 5.91 Å². The van der Waals surface area contributed by atoms with Crippen LogP contribution in [0.2, 0.25) is 0 Å². The van der Waals surface area contributed by atoms with Crippen LogP contribution in [0.3, 0.4) is 0 Å². The molecule has 4 rings (SSSR count). The second-order valence-electron chi connectivity index (χ2n) is 6.43. The lowest BCUT2D eigenvalue weighted by Gasteiger charge is -2.09. The Balaban J connectivity index is 1.56. The van der Waals surface area contributed by atoms with Crippen LogP contribution in [0.25, 0.3) is 11.0 Å². The third-order valence-corrected chi connectivity index (χ3v) is 4.61. The van der Waals surface area contributed by atoms with Crippen molar-refractivity contribution in [3.63, 3.8) is 0 Å². The van der Waals surface area contributed by atoms with Gasteiger partial charge in [0, 0.05) is 18.2 Å². The summed E-state index contributed by atoms with van der Waals surface area (Å²) in [6.07, 6.45) is 5.53. The quantitative estimate of drug-likeness (QED) is 0.729. The average molecular weight is 353 g/mol. The topological polar surface area (TPSA) is 86.4 Å². The summed E-state index contributed by atoms with van der Waals surface area (Å²) in [4.78, 5) is 24.9. The zero-order valence-electron chi connectivity index (χ0n) is 14.4. The fourth-order valence-corrected chi connectivity index (χ4v) is 3.29. The predicted octanol–water partition coefficient (Wildman–Crippen LogP) is 2.73. The lowest BCUT2D eigenvalue weighted by Crippen LogP contribution is -2.22. The van der Waals surface area contributed by atoms with Crippen molar-refractivity contribution in [3.8, 4) is 0 Å². The molecule has 1 unspecified atom stereocenters. The van der Waals surface area contributed by atoms with Crippen LogP contribution >= 0.6 is 0 Å². The Morgan fingerprint density at radius 1 is 1.38 bits per heavy atom. The number of amides is 1. The first-order valence-electron chi connectivity index (χ1n) is 8.59. The molecule has 1 aromatic carbocycles. The Morgan fingerprint density at radius 3 is 3.04 bits per heavy atom. The summed E-state index contributed by atoms with van der Waals surface area (Å²) in [5.41, 5.74) is 0.956. The van der Waals surface area contributed by atoms with E-state index in [0.717, 1.165) is 24.8 Å². The highest BCUT2D eigenvalue weighted by atomic mass is 16.5. The first-order chi connectivity index (χ1) is 12.6. The molecule has 7 nitrogen and oxygen atoms in total. The van der Waals surface area contributed by atoms with Gasteiger partial charge in [0.05, 0.1) is 24.5 Å². The molecular formula is C19H19N3O4. The second-order valence-corrected chi connectivity index (χ2v) is 6.43. The molecule has 2 aromatic heterocycles. The Bertz CT molecular complexity index is 1020. The maximum atomic E-state index is 12.6. The number of benzene rings is 1. The van der Waals surface area contributed by atoms with Crippen molar-refractivity contribution < 1.29 is 13.9 Å². The van der Waals surface area contributed by atoms with E-state index >= 15 is 0 Å². The molecule has 1 fully saturated rings. The highest BCUT2D eigenvalue weighted by Crippen LogP contribution is 2.20. The first-order valence-corrected chi connectivity index (χ1v) is 8.59. The number of rotatable bonds is 4. The highest BCUT2D eigenvalue weighted by molar-refractivity contribution is 6.06. The van der Waals surface area contributed by atoms with Gasteiger partial charge in [-0.25, -0.2) is 4.79 Å². The number of ether oxygens (including phenoxy) is 1. The van der Waals surface area contributed by atoms with Crippen LogP contribution in [0, 0.1) is 6.92 Å². The molecule has 3 aromatic rings. The third kappa shape index (κ3) is 3.13. The third-order valence-electron chi connectivity index (χ3n) is 4.61. The highest BCUT2D eigenvalue weighted by Gasteiger charge is 2.20. The van der Waals surface area contributed by atoms with Gasteiger partial charge in [0.15, 0.2) is 0 Å². The largest absolute Gasteiger partial charge is 0.422 e. The van der Waals surface area contributed by atoms with E-state index in [4.69, 9.17) is 9.15 Å². The molecule has 0 saturated carbocycles. The lowest BCUT2D eigenvalue weighted by molar-refractivity contribution is 0.0940. The van der Waals surface area contributed by atoms with Gasteiger partial charge >= 0.3 is 5.63 Å². The van der Waals surface area contributed by atoms with Crippen molar-refractivity contribution in [2.45, 2.75) is 32.4 Å². The minimum atomic E-state index is -0.648. The summed E-state index contributed by atoms with van der Waals surface area (Å²) in [6.45, 7) is 3.18. The molecule has 3 heterocycles. The molecule has 26 heavy (non-hydrogen) atoms. The molecule has 1 atom stereocenters. The number of anilines is 1. The molecule has 7 heteroatoms. The SMILES string of the molecule is Cc1c(C(=O)Nc2cnn(CC3CCCO3)c2)c(=O)oc2ccccc12. The van der Waals surface area contributed by atoms with Crippen molar-refractivity contribution in [2.24, 2.45) is 0 Å². The summed E-state index contributed by atoms with van der Waals surface area (Å²) in [7, 11) is 0. The molecule has 0 radical (unpaired) electrons. The summed E-state index contributed by atoms with van der Waals surface area (Å²) in [5, 5.41) is 7.71. The summed E-state index contributed by atoms with van der Waals surface area (Å²) in [6, 6.07) is 7.16. The fraction of sp³-hybridized carbons (Fsp3) is 0.316. The van der Waals surface area contributed by atoms with Gasteiger partial charge in [-0.3, -0.25) is 9.48 Å². The number of hydrogen-bond acceptors (Lipinski definition) is 5. The van der Waals surface area contributed by atoms with Gasteiger partial charge in [0.2, 0.25) is 0 Å². The van der Waals surface area contributed by atoms with E-state index in [1.165, 1.54) is 0 Å². The van der Waals surface area contributed by atoms with E-state index in [2.05, 4.69) is 10.4 Å². The maximum Gasteiger partial charge on any atom is 0.349 e. The van der Waals surface area contributed by atoms with Crippen molar-refractivity contribution >= 4 is 22.6 Å². The van der Waals surface area contributed by atoms with Crippen molar-refractivity contribution in [1.29, 1.82) is 0 Å². The number of carbonyl (C=O) groups is 1. The molecule has 0 spiro atoms. The van der Waals surface area contributed by atoms with E-state index in [9.17, 15) is 9.59 Å². The lowest BCUT2D eigenvalue weighted by atomic mass is 10.1. The van der Waals surface area contributed by atoms with E-state index in [1.54, 1.807) is 36.1 Å². The predicted molar refractivity (Wildman–Crippen MR) is 96.4 cm³/mol. The summed E-state index contributed by atoms with van der Waals surface area (Å²) >= 11 is 0. The molecule has 1 N–H and O–H groups in total. The zero-order valence-corrected chi connectivity index (χ0v) is 14.4. The van der Waals surface area contributed by atoms with E-state index < -0.39 is 11.5 Å². The molecule has 0 bridgehead atoms. The molecule has 1 saturated heterocycles. The number of para-hydroxylation sites is 1. The van der Waals surface area contributed by atoms with Gasteiger partial charge in [-0.05, 0) is 31.4 Å². The average Bonchev–Trinajstić information content (AvgIpc) is 3.27. The second kappa shape index (κ2) is 6.76. The Morgan fingerprint density at radius 2 is 2.23 bits per heavy atom. The number of carbonyl (C=O) groups excluding carboxylic acids is 1. The minimum Gasteiger partial charge on any atom is -0.422 e. The van der Waals surface area contributed by atoms with Crippen LogP contribution in [0.15, 0.2) is 45.9 Å². The maximum absolute atomic E-state index is 12.6. The molecule has 1 amide bonds. The Kier molecular flexibility index (Phi) is 4.30. The van der Waals surface area contributed by atoms with Crippen LogP contribution in [0.4, 0.5) is 5.69 Å².